The fourth-order valence-corrected chi connectivity index (χ4v) is 3.06. The van der Waals surface area contributed by atoms with E-state index in [2.05, 4.69) is 4.90 Å². The van der Waals surface area contributed by atoms with E-state index in [0.717, 1.165) is 24.5 Å². The molecule has 0 amide bonds. The molecule has 3 heteroatoms. The molecule has 1 saturated heterocycles. The van der Waals surface area contributed by atoms with Gasteiger partial charge in [0.1, 0.15) is 5.75 Å². The Morgan fingerprint density at radius 3 is 2.82 bits per heavy atom. The van der Waals surface area contributed by atoms with Crippen molar-refractivity contribution in [3.8, 4) is 5.75 Å². The molecular formula is C14H20N2O. The Hall–Kier alpha value is -1.22. The molecule has 3 nitrogen and oxygen atoms in total. The Balaban J connectivity index is 1.92. The maximum atomic E-state index is 6.13. The minimum absolute atomic E-state index is 0.472. The van der Waals surface area contributed by atoms with Crippen LogP contribution in [0.15, 0.2) is 18.2 Å². The normalized spacial score (nSPS) is 25.1. The van der Waals surface area contributed by atoms with Gasteiger partial charge in [-0.1, -0.05) is 12.5 Å². The summed E-state index contributed by atoms with van der Waals surface area (Å²) in [5, 5.41) is 0. The van der Waals surface area contributed by atoms with Gasteiger partial charge < -0.3 is 10.5 Å². The third-order valence-corrected chi connectivity index (χ3v) is 3.91. The van der Waals surface area contributed by atoms with Crippen molar-refractivity contribution in [3.05, 3.63) is 23.8 Å². The van der Waals surface area contributed by atoms with E-state index in [9.17, 15) is 0 Å². The summed E-state index contributed by atoms with van der Waals surface area (Å²) in [7, 11) is 0. The summed E-state index contributed by atoms with van der Waals surface area (Å²) in [6, 6.07) is 6.49. The molecule has 92 valence electrons. The maximum Gasteiger partial charge on any atom is 0.126 e. The topological polar surface area (TPSA) is 38.5 Å². The number of hydrogen-bond acceptors (Lipinski definition) is 3. The number of nitrogens with zero attached hydrogens (tertiary/aromatic N) is 1. The molecule has 3 rings (SSSR count). The van der Waals surface area contributed by atoms with Gasteiger partial charge in [-0.3, -0.25) is 4.90 Å². The molecule has 1 unspecified atom stereocenters. The van der Waals surface area contributed by atoms with E-state index < -0.39 is 0 Å². The van der Waals surface area contributed by atoms with Crippen molar-refractivity contribution in [1.82, 2.24) is 4.90 Å². The zero-order chi connectivity index (χ0) is 11.7. The zero-order valence-corrected chi connectivity index (χ0v) is 10.2. The van der Waals surface area contributed by atoms with Crippen molar-refractivity contribution in [3.63, 3.8) is 0 Å². The standard InChI is InChI=1S/C14H20N2O/c15-11-5-4-6-13-14(11)12(7-10-17-13)16-8-2-1-3-9-16/h4-6,12H,1-3,7-10,15H2. The van der Waals surface area contributed by atoms with Crippen LogP contribution in [0.3, 0.4) is 0 Å². The Morgan fingerprint density at radius 1 is 1.18 bits per heavy atom. The van der Waals surface area contributed by atoms with E-state index in [1.807, 2.05) is 18.2 Å². The molecule has 17 heavy (non-hydrogen) atoms. The Kier molecular flexibility index (Phi) is 2.93. The van der Waals surface area contributed by atoms with Crippen LogP contribution < -0.4 is 10.5 Å². The van der Waals surface area contributed by atoms with Crippen LogP contribution in [0.1, 0.15) is 37.3 Å². The molecule has 2 aliphatic rings. The SMILES string of the molecule is Nc1cccc2c1C(N1CCCCC1)CCO2. The van der Waals surface area contributed by atoms with Gasteiger partial charge in [0, 0.05) is 23.7 Å². The number of anilines is 1. The van der Waals surface area contributed by atoms with Crippen molar-refractivity contribution in [2.24, 2.45) is 0 Å². The van der Waals surface area contributed by atoms with Crippen LogP contribution in [0.4, 0.5) is 5.69 Å². The van der Waals surface area contributed by atoms with Crippen LogP contribution in [0, 0.1) is 0 Å². The van der Waals surface area contributed by atoms with Crippen LogP contribution >= 0.6 is 0 Å². The molecule has 2 heterocycles. The highest BCUT2D eigenvalue weighted by Gasteiger charge is 2.29. The van der Waals surface area contributed by atoms with Crippen molar-refractivity contribution in [2.45, 2.75) is 31.7 Å². The first-order valence-electron chi connectivity index (χ1n) is 6.61. The molecule has 1 aromatic rings. The molecule has 1 aromatic carbocycles. The summed E-state index contributed by atoms with van der Waals surface area (Å²) in [5.41, 5.74) is 8.24. The molecule has 0 radical (unpaired) electrons. The van der Waals surface area contributed by atoms with Crippen LogP contribution in [-0.2, 0) is 0 Å². The molecule has 2 aliphatic heterocycles. The third-order valence-electron chi connectivity index (χ3n) is 3.91. The van der Waals surface area contributed by atoms with E-state index in [1.54, 1.807) is 0 Å². The van der Waals surface area contributed by atoms with Crippen molar-refractivity contribution in [2.75, 3.05) is 25.4 Å². The van der Waals surface area contributed by atoms with Gasteiger partial charge in [0.05, 0.1) is 6.61 Å². The van der Waals surface area contributed by atoms with Crippen molar-refractivity contribution in [1.29, 1.82) is 0 Å². The Morgan fingerprint density at radius 2 is 2.00 bits per heavy atom. The van der Waals surface area contributed by atoms with Crippen LogP contribution in [0.25, 0.3) is 0 Å². The summed E-state index contributed by atoms with van der Waals surface area (Å²) in [5.74, 6) is 0.992. The smallest absolute Gasteiger partial charge is 0.126 e. The largest absolute Gasteiger partial charge is 0.493 e. The number of nitrogens with two attached hydrogens (primary N) is 1. The van der Waals surface area contributed by atoms with Crippen LogP contribution in [-0.4, -0.2) is 24.6 Å². The lowest BCUT2D eigenvalue weighted by atomic mass is 9.95. The molecular weight excluding hydrogens is 212 g/mol. The average molecular weight is 232 g/mol. The Labute approximate surface area is 103 Å². The van der Waals surface area contributed by atoms with Gasteiger partial charge in [-0.25, -0.2) is 0 Å². The van der Waals surface area contributed by atoms with Gasteiger partial charge in [0.25, 0.3) is 0 Å². The lowest BCUT2D eigenvalue weighted by Crippen LogP contribution is -2.36. The summed E-state index contributed by atoms with van der Waals surface area (Å²) < 4.78 is 5.72. The summed E-state index contributed by atoms with van der Waals surface area (Å²) in [6.07, 6.45) is 5.08. The van der Waals surface area contributed by atoms with E-state index in [0.29, 0.717) is 6.04 Å². The second-order valence-corrected chi connectivity index (χ2v) is 5.01. The number of benzene rings is 1. The predicted molar refractivity (Wildman–Crippen MR) is 69.1 cm³/mol. The fraction of sp³-hybridized carbons (Fsp3) is 0.571. The molecule has 1 atom stereocenters. The summed E-state index contributed by atoms with van der Waals surface area (Å²) >= 11 is 0. The Bertz CT molecular complexity index is 399. The highest BCUT2D eigenvalue weighted by Crippen LogP contribution is 2.40. The molecule has 0 aromatic heterocycles. The van der Waals surface area contributed by atoms with Gasteiger partial charge in [-0.15, -0.1) is 0 Å². The minimum Gasteiger partial charge on any atom is -0.493 e. The third kappa shape index (κ3) is 2.00. The van der Waals surface area contributed by atoms with Crippen LogP contribution in [0.5, 0.6) is 5.75 Å². The fourth-order valence-electron chi connectivity index (χ4n) is 3.06. The van der Waals surface area contributed by atoms with E-state index >= 15 is 0 Å². The number of nitrogen functional groups attached to an aromatic ring is 1. The second kappa shape index (κ2) is 4.57. The van der Waals surface area contributed by atoms with Gasteiger partial charge in [-0.2, -0.15) is 0 Å². The molecule has 2 N–H and O–H groups in total. The van der Waals surface area contributed by atoms with Gasteiger partial charge in [-0.05, 0) is 38.1 Å². The zero-order valence-electron chi connectivity index (χ0n) is 10.2. The van der Waals surface area contributed by atoms with Crippen molar-refractivity contribution < 1.29 is 4.74 Å². The number of fused-ring (bicyclic) bond motifs is 1. The van der Waals surface area contributed by atoms with Crippen molar-refractivity contribution >= 4 is 5.69 Å². The van der Waals surface area contributed by atoms with Gasteiger partial charge in [0.15, 0.2) is 0 Å². The van der Waals surface area contributed by atoms with E-state index in [1.165, 1.54) is 37.9 Å². The minimum atomic E-state index is 0.472. The number of hydrogen-bond donors (Lipinski definition) is 1. The number of rotatable bonds is 1. The van der Waals surface area contributed by atoms with E-state index in [4.69, 9.17) is 10.5 Å². The monoisotopic (exact) mass is 232 g/mol. The first-order chi connectivity index (χ1) is 8.36. The molecule has 0 saturated carbocycles. The molecule has 0 spiro atoms. The molecule has 1 fully saturated rings. The highest BCUT2D eigenvalue weighted by atomic mass is 16.5. The maximum absolute atomic E-state index is 6.13. The first kappa shape index (κ1) is 10.9. The summed E-state index contributed by atoms with van der Waals surface area (Å²) in [6.45, 7) is 3.23. The number of likely N-dealkylation sites (tertiary alicyclic amines) is 1. The molecule has 0 bridgehead atoms. The highest BCUT2D eigenvalue weighted by molar-refractivity contribution is 5.56. The van der Waals surface area contributed by atoms with E-state index in [-0.39, 0.29) is 0 Å². The average Bonchev–Trinajstić information content (AvgIpc) is 2.39. The number of ether oxygens (including phenoxy) is 1. The van der Waals surface area contributed by atoms with Gasteiger partial charge in [0.2, 0.25) is 0 Å². The first-order valence-corrected chi connectivity index (χ1v) is 6.61. The quantitative estimate of drug-likeness (QED) is 0.756. The second-order valence-electron chi connectivity index (χ2n) is 5.01. The van der Waals surface area contributed by atoms with Gasteiger partial charge >= 0.3 is 0 Å². The lowest BCUT2D eigenvalue weighted by Gasteiger charge is -2.38. The molecule has 0 aliphatic carbocycles. The van der Waals surface area contributed by atoms with Crippen LogP contribution in [0.2, 0.25) is 0 Å². The lowest BCUT2D eigenvalue weighted by molar-refractivity contribution is 0.120. The number of piperidine rings is 1. The predicted octanol–water partition coefficient (Wildman–Crippen LogP) is 2.58. The summed E-state index contributed by atoms with van der Waals surface area (Å²) in [4.78, 5) is 2.58.